The van der Waals surface area contributed by atoms with E-state index >= 15 is 0 Å². The van der Waals surface area contributed by atoms with E-state index in [1.165, 1.54) is 24.5 Å². The Morgan fingerprint density at radius 3 is 2.93 bits per heavy atom. The van der Waals surface area contributed by atoms with E-state index in [1.54, 1.807) is 12.1 Å². The number of benzene rings is 1. The minimum Gasteiger partial charge on any atom is -0.508 e. The highest BCUT2D eigenvalue weighted by atomic mass is 32.1. The van der Waals surface area contributed by atoms with Crippen molar-refractivity contribution in [2.24, 2.45) is 0 Å². The molecule has 0 aliphatic carbocycles. The standard InChI is InChI=1S/C9H8N2O3S/c1-11(9(13)14)8-10-6-3-2-5(12)4-7(6)15-8/h2-4,12H,1H3,(H,13,14). The minimum absolute atomic E-state index is 0.149. The molecule has 0 fully saturated rings. The number of hydrogen-bond acceptors (Lipinski definition) is 4. The van der Waals surface area contributed by atoms with Gasteiger partial charge in [-0.25, -0.2) is 9.78 Å². The highest BCUT2D eigenvalue weighted by Gasteiger charge is 2.13. The van der Waals surface area contributed by atoms with Crippen LogP contribution < -0.4 is 4.90 Å². The molecular formula is C9H8N2O3S. The Bertz CT molecular complexity index is 523. The smallest absolute Gasteiger partial charge is 0.413 e. The molecule has 0 saturated carbocycles. The zero-order valence-electron chi connectivity index (χ0n) is 7.84. The molecule has 15 heavy (non-hydrogen) atoms. The van der Waals surface area contributed by atoms with E-state index in [1.807, 2.05) is 0 Å². The number of rotatable bonds is 1. The number of aromatic hydroxyl groups is 1. The Kier molecular flexibility index (Phi) is 2.20. The van der Waals surface area contributed by atoms with E-state index in [4.69, 9.17) is 5.11 Å². The largest absolute Gasteiger partial charge is 0.508 e. The summed E-state index contributed by atoms with van der Waals surface area (Å²) in [5.41, 5.74) is 0.681. The fourth-order valence-corrected chi connectivity index (χ4v) is 2.08. The van der Waals surface area contributed by atoms with Gasteiger partial charge in [-0.05, 0) is 18.2 Å². The van der Waals surface area contributed by atoms with Crippen molar-refractivity contribution >= 4 is 32.8 Å². The number of phenols is 1. The summed E-state index contributed by atoms with van der Waals surface area (Å²) >= 11 is 1.22. The Morgan fingerprint density at radius 1 is 1.53 bits per heavy atom. The summed E-state index contributed by atoms with van der Waals surface area (Å²) in [6.45, 7) is 0. The van der Waals surface area contributed by atoms with Crippen LogP contribution in [-0.2, 0) is 0 Å². The molecule has 0 saturated heterocycles. The second-order valence-corrected chi connectivity index (χ2v) is 4.00. The van der Waals surface area contributed by atoms with Crippen molar-refractivity contribution in [3.8, 4) is 5.75 Å². The SMILES string of the molecule is CN(C(=O)O)c1nc2ccc(O)cc2s1. The van der Waals surface area contributed by atoms with Gasteiger partial charge in [-0.1, -0.05) is 11.3 Å². The van der Waals surface area contributed by atoms with E-state index in [-0.39, 0.29) is 5.75 Å². The third-order valence-electron chi connectivity index (χ3n) is 1.93. The van der Waals surface area contributed by atoms with Crippen LogP contribution in [0.2, 0.25) is 0 Å². The first-order valence-electron chi connectivity index (χ1n) is 4.14. The van der Waals surface area contributed by atoms with Crippen LogP contribution in [0.1, 0.15) is 0 Å². The van der Waals surface area contributed by atoms with Crippen LogP contribution in [0.5, 0.6) is 5.75 Å². The van der Waals surface area contributed by atoms with Crippen molar-refractivity contribution in [1.82, 2.24) is 4.98 Å². The number of nitrogens with zero attached hydrogens (tertiary/aromatic N) is 2. The van der Waals surface area contributed by atoms with E-state index in [0.717, 1.165) is 9.60 Å². The first-order chi connectivity index (χ1) is 7.08. The predicted molar refractivity (Wildman–Crippen MR) is 57.7 cm³/mol. The number of fused-ring (bicyclic) bond motifs is 1. The lowest BCUT2D eigenvalue weighted by atomic mass is 10.3. The fraction of sp³-hybridized carbons (Fsp3) is 0.111. The number of carboxylic acid groups (broad SMARTS) is 1. The number of carbonyl (C=O) groups is 1. The van der Waals surface area contributed by atoms with Crippen LogP contribution >= 0.6 is 11.3 Å². The molecular weight excluding hydrogens is 216 g/mol. The van der Waals surface area contributed by atoms with Crippen LogP contribution in [0.25, 0.3) is 10.2 Å². The molecule has 2 rings (SSSR count). The van der Waals surface area contributed by atoms with Gasteiger partial charge >= 0.3 is 6.09 Å². The monoisotopic (exact) mass is 224 g/mol. The van der Waals surface area contributed by atoms with Gasteiger partial charge in [-0.15, -0.1) is 0 Å². The van der Waals surface area contributed by atoms with Crippen molar-refractivity contribution in [1.29, 1.82) is 0 Å². The summed E-state index contributed by atoms with van der Waals surface area (Å²) in [4.78, 5) is 15.9. The second kappa shape index (κ2) is 3.39. The molecule has 0 atom stereocenters. The van der Waals surface area contributed by atoms with Crippen molar-refractivity contribution in [2.75, 3.05) is 11.9 Å². The number of aromatic nitrogens is 1. The Balaban J connectivity index is 2.51. The average Bonchev–Trinajstić information content (AvgIpc) is 2.58. The van der Waals surface area contributed by atoms with Gasteiger partial charge in [0.1, 0.15) is 5.75 Å². The normalized spacial score (nSPS) is 10.5. The van der Waals surface area contributed by atoms with E-state index in [0.29, 0.717) is 10.6 Å². The third kappa shape index (κ3) is 1.71. The molecule has 0 aliphatic heterocycles. The lowest BCUT2D eigenvalue weighted by Gasteiger charge is -2.06. The Labute approximate surface area is 89.2 Å². The summed E-state index contributed by atoms with van der Waals surface area (Å²) in [6.07, 6.45) is -1.06. The molecule has 0 radical (unpaired) electrons. The van der Waals surface area contributed by atoms with Crippen molar-refractivity contribution in [3.63, 3.8) is 0 Å². The quantitative estimate of drug-likeness (QED) is 0.778. The molecule has 1 aromatic carbocycles. The molecule has 5 nitrogen and oxygen atoms in total. The number of phenolic OH excluding ortho intramolecular Hbond substituents is 1. The van der Waals surface area contributed by atoms with Crippen molar-refractivity contribution in [2.45, 2.75) is 0 Å². The average molecular weight is 224 g/mol. The summed E-state index contributed by atoms with van der Waals surface area (Å²) < 4.78 is 0.762. The maximum absolute atomic E-state index is 10.7. The van der Waals surface area contributed by atoms with Crippen molar-refractivity contribution < 1.29 is 15.0 Å². The number of anilines is 1. The summed E-state index contributed by atoms with van der Waals surface area (Å²) in [5.74, 6) is 0.149. The fourth-order valence-electron chi connectivity index (χ4n) is 1.13. The molecule has 2 aromatic rings. The second-order valence-electron chi connectivity index (χ2n) is 2.99. The topological polar surface area (TPSA) is 73.7 Å². The third-order valence-corrected chi connectivity index (χ3v) is 3.03. The maximum Gasteiger partial charge on any atom is 0.413 e. The maximum atomic E-state index is 10.7. The van der Waals surface area contributed by atoms with E-state index < -0.39 is 6.09 Å². The molecule has 1 heterocycles. The number of hydrogen-bond donors (Lipinski definition) is 2. The molecule has 1 amide bonds. The zero-order valence-corrected chi connectivity index (χ0v) is 8.65. The lowest BCUT2D eigenvalue weighted by Crippen LogP contribution is -2.23. The Hall–Kier alpha value is -1.82. The van der Waals surface area contributed by atoms with Gasteiger partial charge in [-0.2, -0.15) is 0 Å². The summed E-state index contributed by atoms with van der Waals surface area (Å²) in [5, 5.41) is 18.4. The van der Waals surface area contributed by atoms with E-state index in [9.17, 15) is 9.90 Å². The van der Waals surface area contributed by atoms with Gasteiger partial charge in [0.2, 0.25) is 0 Å². The van der Waals surface area contributed by atoms with Gasteiger partial charge in [0.15, 0.2) is 5.13 Å². The molecule has 6 heteroatoms. The molecule has 0 unspecified atom stereocenters. The molecule has 0 spiro atoms. The Morgan fingerprint density at radius 2 is 2.27 bits per heavy atom. The van der Waals surface area contributed by atoms with Crippen molar-refractivity contribution in [3.05, 3.63) is 18.2 Å². The van der Waals surface area contributed by atoms with Crippen LogP contribution in [-0.4, -0.2) is 28.3 Å². The molecule has 1 aromatic heterocycles. The molecule has 0 aliphatic rings. The predicted octanol–water partition coefficient (Wildman–Crippen LogP) is 2.12. The number of amides is 1. The van der Waals surface area contributed by atoms with Gasteiger partial charge in [-0.3, -0.25) is 4.90 Å². The summed E-state index contributed by atoms with van der Waals surface area (Å²) in [6, 6.07) is 4.74. The van der Waals surface area contributed by atoms with Gasteiger partial charge < -0.3 is 10.2 Å². The van der Waals surface area contributed by atoms with E-state index in [2.05, 4.69) is 4.98 Å². The lowest BCUT2D eigenvalue weighted by molar-refractivity contribution is 0.203. The van der Waals surface area contributed by atoms with Crippen LogP contribution in [0.3, 0.4) is 0 Å². The molecule has 78 valence electrons. The molecule has 0 bridgehead atoms. The van der Waals surface area contributed by atoms with Gasteiger partial charge in [0.05, 0.1) is 10.2 Å². The minimum atomic E-state index is -1.06. The molecule has 2 N–H and O–H groups in total. The van der Waals surface area contributed by atoms with Crippen LogP contribution in [0, 0.1) is 0 Å². The van der Waals surface area contributed by atoms with Gasteiger partial charge in [0, 0.05) is 7.05 Å². The zero-order chi connectivity index (χ0) is 11.0. The summed E-state index contributed by atoms with van der Waals surface area (Å²) in [7, 11) is 1.43. The van der Waals surface area contributed by atoms with Gasteiger partial charge in [0.25, 0.3) is 0 Å². The highest BCUT2D eigenvalue weighted by molar-refractivity contribution is 7.22. The highest BCUT2D eigenvalue weighted by Crippen LogP contribution is 2.30. The first kappa shape index (κ1) is 9.72. The number of thiazole rings is 1. The van der Waals surface area contributed by atoms with Crippen LogP contribution in [0.4, 0.5) is 9.93 Å². The van der Waals surface area contributed by atoms with Crippen LogP contribution in [0.15, 0.2) is 18.2 Å². The first-order valence-corrected chi connectivity index (χ1v) is 4.96.